The van der Waals surface area contributed by atoms with Gasteiger partial charge in [-0.1, -0.05) is 0 Å². The third kappa shape index (κ3) is 4.51. The number of nitrogens with one attached hydrogen (secondary N) is 2. The van der Waals surface area contributed by atoms with Gasteiger partial charge in [-0.2, -0.15) is 0 Å². The fourth-order valence-electron chi connectivity index (χ4n) is 1.69. The molecule has 17 heavy (non-hydrogen) atoms. The van der Waals surface area contributed by atoms with Crippen LogP contribution in [0, 0.1) is 0 Å². The molecule has 8 heteroatoms. The van der Waals surface area contributed by atoms with E-state index in [1.165, 1.54) is 0 Å². The van der Waals surface area contributed by atoms with Gasteiger partial charge in [-0.25, -0.2) is 13.2 Å². The molecule has 1 rings (SSSR count). The van der Waals surface area contributed by atoms with E-state index in [4.69, 9.17) is 11.6 Å². The molecule has 0 aromatic carbocycles. The summed E-state index contributed by atoms with van der Waals surface area (Å²) in [6.45, 7) is 1.64. The van der Waals surface area contributed by atoms with E-state index in [9.17, 15) is 18.0 Å². The first-order chi connectivity index (χ1) is 7.76. The molecule has 1 aliphatic rings. The van der Waals surface area contributed by atoms with Crippen LogP contribution in [-0.4, -0.2) is 43.3 Å². The van der Waals surface area contributed by atoms with Crippen molar-refractivity contribution in [1.29, 1.82) is 0 Å². The van der Waals surface area contributed by atoms with Crippen molar-refractivity contribution in [3.8, 4) is 0 Å². The molecule has 3 amide bonds. The van der Waals surface area contributed by atoms with Crippen LogP contribution in [0.5, 0.6) is 0 Å². The van der Waals surface area contributed by atoms with Gasteiger partial charge < -0.3 is 5.32 Å². The van der Waals surface area contributed by atoms with Gasteiger partial charge >= 0.3 is 6.03 Å². The van der Waals surface area contributed by atoms with Crippen LogP contribution >= 0.6 is 11.6 Å². The highest BCUT2D eigenvalue weighted by molar-refractivity contribution is 7.91. The lowest BCUT2D eigenvalue weighted by Gasteiger charge is -2.23. The molecule has 1 atom stereocenters. The Labute approximate surface area is 105 Å². The van der Waals surface area contributed by atoms with E-state index in [1.807, 2.05) is 0 Å². The maximum atomic E-state index is 11.4. The number of rotatable bonds is 3. The molecule has 1 heterocycles. The fourth-order valence-corrected chi connectivity index (χ4v) is 3.95. The Morgan fingerprint density at radius 1 is 1.41 bits per heavy atom. The van der Waals surface area contributed by atoms with E-state index in [1.54, 1.807) is 6.92 Å². The summed E-state index contributed by atoms with van der Waals surface area (Å²) in [7, 11) is -3.09. The van der Waals surface area contributed by atoms with Crippen molar-refractivity contribution in [2.75, 3.05) is 17.4 Å². The number of sulfone groups is 1. The van der Waals surface area contributed by atoms with Crippen molar-refractivity contribution < 1.29 is 18.0 Å². The van der Waals surface area contributed by atoms with Crippen molar-refractivity contribution in [2.45, 2.75) is 25.3 Å². The van der Waals surface area contributed by atoms with E-state index in [2.05, 4.69) is 10.6 Å². The summed E-state index contributed by atoms with van der Waals surface area (Å²) in [6, 6.07) is -0.681. The van der Waals surface area contributed by atoms with Crippen LogP contribution in [0.3, 0.4) is 0 Å². The van der Waals surface area contributed by atoms with Gasteiger partial charge in [-0.3, -0.25) is 10.1 Å². The number of imide groups is 1. The molecule has 98 valence electrons. The van der Waals surface area contributed by atoms with Gasteiger partial charge in [0, 0.05) is 12.3 Å². The van der Waals surface area contributed by atoms with Gasteiger partial charge in [-0.15, -0.1) is 11.6 Å². The second-order valence-electron chi connectivity index (χ2n) is 4.34. The summed E-state index contributed by atoms with van der Waals surface area (Å²) in [6.07, 6.45) is 0.399. The van der Waals surface area contributed by atoms with E-state index in [0.29, 0.717) is 6.42 Å². The summed E-state index contributed by atoms with van der Waals surface area (Å²) < 4.78 is 22.6. The summed E-state index contributed by atoms with van der Waals surface area (Å²) in [5, 5.41) is 4.60. The average Bonchev–Trinajstić information content (AvgIpc) is 2.39. The number of amides is 3. The van der Waals surface area contributed by atoms with Gasteiger partial charge in [0.15, 0.2) is 9.84 Å². The molecule has 0 saturated carbocycles. The monoisotopic (exact) mass is 282 g/mol. The van der Waals surface area contributed by atoms with E-state index in [-0.39, 0.29) is 23.8 Å². The second kappa shape index (κ2) is 5.22. The Balaban J connectivity index is 2.49. The van der Waals surface area contributed by atoms with Crippen molar-refractivity contribution in [3.63, 3.8) is 0 Å². The zero-order valence-electron chi connectivity index (χ0n) is 9.45. The highest BCUT2D eigenvalue weighted by atomic mass is 35.5. The highest BCUT2D eigenvalue weighted by Crippen LogP contribution is 2.22. The van der Waals surface area contributed by atoms with Crippen molar-refractivity contribution in [3.05, 3.63) is 0 Å². The first-order valence-electron chi connectivity index (χ1n) is 5.15. The summed E-state index contributed by atoms with van der Waals surface area (Å²) >= 11 is 5.34. The first-order valence-corrected chi connectivity index (χ1v) is 7.50. The number of hydrogen-bond donors (Lipinski definition) is 2. The Morgan fingerprint density at radius 2 is 2.06 bits per heavy atom. The maximum Gasteiger partial charge on any atom is 0.321 e. The Hall–Kier alpha value is -0.820. The van der Waals surface area contributed by atoms with E-state index in [0.717, 1.165) is 0 Å². The second-order valence-corrected chi connectivity index (χ2v) is 6.91. The smallest absolute Gasteiger partial charge is 0.321 e. The van der Waals surface area contributed by atoms with Crippen LogP contribution in [0.2, 0.25) is 0 Å². The molecule has 6 nitrogen and oxygen atoms in total. The van der Waals surface area contributed by atoms with Crippen LogP contribution < -0.4 is 10.6 Å². The van der Waals surface area contributed by atoms with Gasteiger partial charge in [0.1, 0.15) is 0 Å². The van der Waals surface area contributed by atoms with Crippen LogP contribution in [0.1, 0.15) is 19.8 Å². The first kappa shape index (κ1) is 14.2. The van der Waals surface area contributed by atoms with Gasteiger partial charge in [0.05, 0.1) is 17.0 Å². The Morgan fingerprint density at radius 3 is 2.53 bits per heavy atom. The van der Waals surface area contributed by atoms with Crippen LogP contribution in [0.25, 0.3) is 0 Å². The molecule has 1 saturated heterocycles. The van der Waals surface area contributed by atoms with Gasteiger partial charge in [0.25, 0.3) is 0 Å². The quantitative estimate of drug-likeness (QED) is 0.714. The van der Waals surface area contributed by atoms with Crippen molar-refractivity contribution >= 4 is 33.4 Å². The predicted octanol–water partition coefficient (Wildman–Crippen LogP) is 0.0183. The topological polar surface area (TPSA) is 92.3 Å². The summed E-state index contributed by atoms with van der Waals surface area (Å²) in [5.74, 6) is -0.400. The lowest BCUT2D eigenvalue weighted by Crippen LogP contribution is -2.52. The lowest BCUT2D eigenvalue weighted by atomic mass is 10.0. The van der Waals surface area contributed by atoms with Crippen molar-refractivity contribution in [1.82, 2.24) is 10.6 Å². The number of carbonyl (C=O) groups excluding carboxylic acids is 2. The molecule has 0 aromatic rings. The molecule has 1 aliphatic heterocycles. The zero-order chi connectivity index (χ0) is 13.1. The number of hydrogen-bond acceptors (Lipinski definition) is 4. The summed E-state index contributed by atoms with van der Waals surface area (Å²) in [5.41, 5.74) is -0.801. The minimum atomic E-state index is -3.09. The number of urea groups is 1. The molecule has 0 radical (unpaired) electrons. The number of alkyl halides is 1. The maximum absolute atomic E-state index is 11.4. The van der Waals surface area contributed by atoms with Crippen LogP contribution in [0.15, 0.2) is 0 Å². The van der Waals surface area contributed by atoms with E-state index < -0.39 is 27.3 Å². The van der Waals surface area contributed by atoms with Crippen molar-refractivity contribution in [2.24, 2.45) is 0 Å². The summed E-state index contributed by atoms with van der Waals surface area (Å²) in [4.78, 5) is 22.5. The molecule has 0 bridgehead atoms. The fraction of sp³-hybridized carbons (Fsp3) is 0.778. The van der Waals surface area contributed by atoms with Crippen LogP contribution in [-0.2, 0) is 14.6 Å². The largest absolute Gasteiger partial charge is 0.332 e. The number of carbonyl (C=O) groups is 2. The minimum absolute atomic E-state index is 0.0456. The van der Waals surface area contributed by atoms with Gasteiger partial charge in [-0.05, 0) is 13.3 Å². The Bertz CT molecular complexity index is 423. The third-order valence-electron chi connectivity index (χ3n) is 2.49. The molecule has 0 spiro atoms. The SMILES string of the molecule is CC1(NC(=O)NC(=O)CCCl)CCS(=O)(=O)C1. The molecule has 1 unspecified atom stereocenters. The molecule has 1 fully saturated rings. The third-order valence-corrected chi connectivity index (χ3v) is 4.59. The Kier molecular flexibility index (Phi) is 4.37. The molecule has 0 aromatic heterocycles. The molecule has 0 aliphatic carbocycles. The van der Waals surface area contributed by atoms with E-state index >= 15 is 0 Å². The zero-order valence-corrected chi connectivity index (χ0v) is 11.0. The predicted molar refractivity (Wildman–Crippen MR) is 63.7 cm³/mol. The average molecular weight is 283 g/mol. The molecular weight excluding hydrogens is 268 g/mol. The standard InChI is InChI=1S/C9H15ClN2O4S/c1-9(3-5-17(15,16)6-9)12-8(14)11-7(13)2-4-10/h2-6H2,1H3,(H2,11,12,13,14). The highest BCUT2D eigenvalue weighted by Gasteiger charge is 2.39. The number of halogens is 1. The molecular formula is C9H15ClN2O4S. The minimum Gasteiger partial charge on any atom is -0.332 e. The van der Waals surface area contributed by atoms with Gasteiger partial charge in [0.2, 0.25) is 5.91 Å². The normalized spacial score (nSPS) is 26.5. The molecule has 2 N–H and O–H groups in total. The lowest BCUT2D eigenvalue weighted by molar-refractivity contribution is -0.119. The van der Waals surface area contributed by atoms with Crippen LogP contribution in [0.4, 0.5) is 4.79 Å².